The fourth-order valence-corrected chi connectivity index (χ4v) is 1.97. The van der Waals surface area contributed by atoms with Crippen molar-refractivity contribution in [2.75, 3.05) is 33.4 Å². The highest BCUT2D eigenvalue weighted by molar-refractivity contribution is 5.93. The Balaban J connectivity index is 1.80. The Hall–Kier alpha value is -1.46. The molecule has 1 aliphatic heterocycles. The van der Waals surface area contributed by atoms with Gasteiger partial charge in [-0.15, -0.1) is 0 Å². The van der Waals surface area contributed by atoms with E-state index in [0.717, 1.165) is 32.7 Å². The van der Waals surface area contributed by atoms with E-state index in [2.05, 4.69) is 10.3 Å². The largest absolute Gasteiger partial charge is 0.379 e. The molecule has 1 aromatic heterocycles. The molecule has 5 heteroatoms. The molecule has 1 amide bonds. The van der Waals surface area contributed by atoms with E-state index < -0.39 is 0 Å². The molecule has 1 atom stereocenters. The first-order chi connectivity index (χ1) is 8.77. The van der Waals surface area contributed by atoms with Crippen LogP contribution in [0.15, 0.2) is 24.5 Å². The van der Waals surface area contributed by atoms with Gasteiger partial charge < -0.3 is 15.0 Å². The van der Waals surface area contributed by atoms with E-state index in [4.69, 9.17) is 4.74 Å². The molecule has 0 aliphatic carbocycles. The lowest BCUT2D eigenvalue weighted by atomic mass is 10.2. The smallest absolute Gasteiger partial charge is 0.255 e. The molecule has 18 heavy (non-hydrogen) atoms. The Labute approximate surface area is 107 Å². The normalized spacial score (nSPS) is 19.5. The molecule has 1 aliphatic rings. The summed E-state index contributed by atoms with van der Waals surface area (Å²) in [6.45, 7) is 3.12. The van der Waals surface area contributed by atoms with Gasteiger partial charge in [0.2, 0.25) is 0 Å². The summed E-state index contributed by atoms with van der Waals surface area (Å²) in [7, 11) is 1.82. The van der Waals surface area contributed by atoms with Crippen molar-refractivity contribution < 1.29 is 9.53 Å². The zero-order chi connectivity index (χ0) is 12.8. The van der Waals surface area contributed by atoms with E-state index >= 15 is 0 Å². The summed E-state index contributed by atoms with van der Waals surface area (Å²) in [6.07, 6.45) is 4.17. The van der Waals surface area contributed by atoms with Crippen LogP contribution in [0.1, 0.15) is 16.8 Å². The predicted octanol–water partition coefficient (Wildman–Crippen LogP) is 0.532. The van der Waals surface area contributed by atoms with Crippen molar-refractivity contribution in [1.29, 1.82) is 0 Å². The van der Waals surface area contributed by atoms with Gasteiger partial charge in [0.25, 0.3) is 5.91 Å². The number of aromatic nitrogens is 1. The molecular weight excluding hydrogens is 230 g/mol. The van der Waals surface area contributed by atoms with Gasteiger partial charge in [-0.3, -0.25) is 9.78 Å². The summed E-state index contributed by atoms with van der Waals surface area (Å²) in [4.78, 5) is 17.7. The van der Waals surface area contributed by atoms with Crippen molar-refractivity contribution in [3.8, 4) is 0 Å². The molecule has 5 nitrogen and oxygen atoms in total. The van der Waals surface area contributed by atoms with Crippen LogP contribution < -0.4 is 5.32 Å². The van der Waals surface area contributed by atoms with E-state index in [-0.39, 0.29) is 5.91 Å². The Bertz CT molecular complexity index is 377. The van der Waals surface area contributed by atoms with Crippen molar-refractivity contribution in [3.05, 3.63) is 30.1 Å². The average molecular weight is 249 g/mol. The van der Waals surface area contributed by atoms with Crippen molar-refractivity contribution in [2.45, 2.75) is 12.5 Å². The molecule has 1 aromatic rings. The van der Waals surface area contributed by atoms with Crippen molar-refractivity contribution in [1.82, 2.24) is 15.2 Å². The molecule has 2 rings (SSSR count). The highest BCUT2D eigenvalue weighted by atomic mass is 16.5. The second-order valence-corrected chi connectivity index (χ2v) is 4.48. The average Bonchev–Trinajstić information content (AvgIpc) is 2.46. The minimum atomic E-state index is 0.0137. The Kier molecular flexibility index (Phi) is 4.66. The molecule has 2 heterocycles. The number of nitrogens with zero attached hydrogens (tertiary/aromatic N) is 2. The number of hydrogen-bond acceptors (Lipinski definition) is 4. The standard InChI is InChI=1S/C13H19N3O2/c1-16(7-4-12-10-18-8-6-15-12)13(17)11-3-2-5-14-9-11/h2-3,5,9,12,15H,4,6-8,10H2,1H3. The van der Waals surface area contributed by atoms with Crippen molar-refractivity contribution in [2.24, 2.45) is 0 Å². The SMILES string of the molecule is CN(CCC1COCCN1)C(=O)c1cccnc1. The molecule has 0 spiro atoms. The summed E-state index contributed by atoms with van der Waals surface area (Å²) < 4.78 is 5.38. The van der Waals surface area contributed by atoms with Crippen LogP contribution >= 0.6 is 0 Å². The van der Waals surface area contributed by atoms with Gasteiger partial charge in [-0.1, -0.05) is 0 Å². The molecule has 0 radical (unpaired) electrons. The molecule has 1 saturated heterocycles. The van der Waals surface area contributed by atoms with Crippen molar-refractivity contribution >= 4 is 5.91 Å². The third-order valence-electron chi connectivity index (χ3n) is 3.07. The molecular formula is C13H19N3O2. The van der Waals surface area contributed by atoms with E-state index in [0.29, 0.717) is 11.6 Å². The maximum absolute atomic E-state index is 12.1. The zero-order valence-corrected chi connectivity index (χ0v) is 10.6. The van der Waals surface area contributed by atoms with Crippen LogP contribution in [0.3, 0.4) is 0 Å². The minimum Gasteiger partial charge on any atom is -0.379 e. The summed E-state index contributed by atoms with van der Waals surface area (Å²) in [5, 5.41) is 3.38. The number of morpholine rings is 1. The Morgan fingerprint density at radius 1 is 1.67 bits per heavy atom. The highest BCUT2D eigenvalue weighted by Gasteiger charge is 2.16. The molecule has 0 saturated carbocycles. The lowest BCUT2D eigenvalue weighted by molar-refractivity contribution is 0.0653. The number of carbonyl (C=O) groups excluding carboxylic acids is 1. The number of ether oxygens (including phenoxy) is 1. The lowest BCUT2D eigenvalue weighted by Gasteiger charge is -2.26. The van der Waals surface area contributed by atoms with E-state index in [1.807, 2.05) is 7.05 Å². The fourth-order valence-electron chi connectivity index (χ4n) is 1.97. The maximum Gasteiger partial charge on any atom is 0.255 e. The number of pyridine rings is 1. The molecule has 0 aromatic carbocycles. The van der Waals surface area contributed by atoms with Crippen LogP contribution in [0.5, 0.6) is 0 Å². The van der Waals surface area contributed by atoms with Crippen molar-refractivity contribution in [3.63, 3.8) is 0 Å². The number of amides is 1. The van der Waals surface area contributed by atoms with Crippen LogP contribution in [0, 0.1) is 0 Å². The molecule has 0 bridgehead atoms. The van der Waals surface area contributed by atoms with Gasteiger partial charge in [-0.05, 0) is 18.6 Å². The topological polar surface area (TPSA) is 54.5 Å². The number of carbonyl (C=O) groups is 1. The van der Waals surface area contributed by atoms with Gasteiger partial charge in [0, 0.05) is 38.6 Å². The van der Waals surface area contributed by atoms with Crippen LogP contribution in [0.4, 0.5) is 0 Å². The first kappa shape index (κ1) is 13.0. The van der Waals surface area contributed by atoms with E-state index in [1.54, 1.807) is 29.4 Å². The van der Waals surface area contributed by atoms with Gasteiger partial charge in [0.15, 0.2) is 0 Å². The van der Waals surface area contributed by atoms with Crippen LogP contribution in [0.25, 0.3) is 0 Å². The number of hydrogen-bond donors (Lipinski definition) is 1. The Morgan fingerprint density at radius 2 is 2.56 bits per heavy atom. The van der Waals surface area contributed by atoms with Gasteiger partial charge in [0.1, 0.15) is 0 Å². The predicted molar refractivity (Wildman–Crippen MR) is 68.4 cm³/mol. The van der Waals surface area contributed by atoms with Gasteiger partial charge in [-0.2, -0.15) is 0 Å². The summed E-state index contributed by atoms with van der Waals surface area (Å²) in [6, 6.07) is 3.91. The second kappa shape index (κ2) is 6.47. The summed E-state index contributed by atoms with van der Waals surface area (Å²) in [5.74, 6) is 0.0137. The molecule has 1 N–H and O–H groups in total. The van der Waals surface area contributed by atoms with E-state index in [9.17, 15) is 4.79 Å². The molecule has 1 unspecified atom stereocenters. The minimum absolute atomic E-state index is 0.0137. The fraction of sp³-hybridized carbons (Fsp3) is 0.538. The third kappa shape index (κ3) is 3.51. The van der Waals surface area contributed by atoms with Gasteiger partial charge >= 0.3 is 0 Å². The van der Waals surface area contributed by atoms with Crippen LogP contribution in [-0.2, 0) is 4.74 Å². The number of nitrogens with one attached hydrogen (secondary N) is 1. The first-order valence-corrected chi connectivity index (χ1v) is 6.24. The zero-order valence-electron chi connectivity index (χ0n) is 10.6. The van der Waals surface area contributed by atoms with Crippen LogP contribution in [-0.4, -0.2) is 55.2 Å². The van der Waals surface area contributed by atoms with Crippen LogP contribution in [0.2, 0.25) is 0 Å². The molecule has 98 valence electrons. The summed E-state index contributed by atoms with van der Waals surface area (Å²) >= 11 is 0. The lowest BCUT2D eigenvalue weighted by Crippen LogP contribution is -2.43. The van der Waals surface area contributed by atoms with Gasteiger partial charge in [-0.25, -0.2) is 0 Å². The maximum atomic E-state index is 12.1. The first-order valence-electron chi connectivity index (χ1n) is 6.24. The highest BCUT2D eigenvalue weighted by Crippen LogP contribution is 2.04. The quantitative estimate of drug-likeness (QED) is 0.846. The summed E-state index contributed by atoms with van der Waals surface area (Å²) in [5.41, 5.74) is 0.632. The number of rotatable bonds is 4. The Morgan fingerprint density at radius 3 is 3.22 bits per heavy atom. The third-order valence-corrected chi connectivity index (χ3v) is 3.07. The second-order valence-electron chi connectivity index (χ2n) is 4.48. The monoisotopic (exact) mass is 249 g/mol. The van der Waals surface area contributed by atoms with Gasteiger partial charge in [0.05, 0.1) is 18.8 Å². The van der Waals surface area contributed by atoms with E-state index in [1.165, 1.54) is 0 Å². The molecule has 1 fully saturated rings.